The molecule has 0 saturated carbocycles. The highest BCUT2D eigenvalue weighted by Gasteiger charge is 2.19. The van der Waals surface area contributed by atoms with E-state index in [1.165, 1.54) is 0 Å². The SMILES string of the molecule is CC(c1ccccc1Cl)N(C)CCC(=O)OC(C)(C)C. The van der Waals surface area contributed by atoms with Gasteiger partial charge in [0, 0.05) is 17.6 Å². The van der Waals surface area contributed by atoms with Crippen molar-refractivity contribution in [2.45, 2.75) is 45.8 Å². The largest absolute Gasteiger partial charge is 0.460 e. The standard InChI is InChI=1S/C16H24ClNO2/c1-12(13-8-6-7-9-14(13)17)18(5)11-10-15(19)20-16(2,3)4/h6-9,12H,10-11H2,1-5H3. The van der Waals surface area contributed by atoms with E-state index >= 15 is 0 Å². The van der Waals surface area contributed by atoms with Crippen LogP contribution in [0.25, 0.3) is 0 Å². The van der Waals surface area contributed by atoms with Crippen LogP contribution >= 0.6 is 11.6 Å². The fourth-order valence-electron chi connectivity index (χ4n) is 1.91. The van der Waals surface area contributed by atoms with Crippen molar-refractivity contribution in [1.29, 1.82) is 0 Å². The van der Waals surface area contributed by atoms with Crippen LogP contribution in [-0.2, 0) is 9.53 Å². The van der Waals surface area contributed by atoms with Gasteiger partial charge in [-0.25, -0.2) is 0 Å². The van der Waals surface area contributed by atoms with Crippen molar-refractivity contribution < 1.29 is 9.53 Å². The van der Waals surface area contributed by atoms with Crippen molar-refractivity contribution >= 4 is 17.6 Å². The van der Waals surface area contributed by atoms with Gasteiger partial charge in [0.05, 0.1) is 6.42 Å². The molecule has 0 aliphatic rings. The number of rotatable bonds is 5. The van der Waals surface area contributed by atoms with E-state index in [1.54, 1.807) is 0 Å². The lowest BCUT2D eigenvalue weighted by atomic mass is 10.1. The first-order valence-electron chi connectivity index (χ1n) is 6.87. The Balaban J connectivity index is 2.53. The van der Waals surface area contributed by atoms with Gasteiger partial charge in [0.1, 0.15) is 5.60 Å². The minimum Gasteiger partial charge on any atom is -0.460 e. The molecule has 1 atom stereocenters. The molecule has 0 aliphatic heterocycles. The summed E-state index contributed by atoms with van der Waals surface area (Å²) in [5.74, 6) is -0.171. The fourth-order valence-corrected chi connectivity index (χ4v) is 2.20. The number of nitrogens with zero attached hydrogens (tertiary/aromatic N) is 1. The number of esters is 1. The second-order valence-corrected chi connectivity index (χ2v) is 6.42. The molecule has 0 heterocycles. The van der Waals surface area contributed by atoms with Crippen LogP contribution in [0.4, 0.5) is 0 Å². The summed E-state index contributed by atoms with van der Waals surface area (Å²) in [6.07, 6.45) is 0.378. The molecule has 1 unspecified atom stereocenters. The number of carbonyl (C=O) groups is 1. The second kappa shape index (κ2) is 7.09. The Hall–Kier alpha value is -1.06. The Morgan fingerprint density at radius 2 is 1.95 bits per heavy atom. The minimum atomic E-state index is -0.427. The molecule has 0 spiro atoms. The number of ether oxygens (including phenoxy) is 1. The molecule has 0 fully saturated rings. The molecule has 0 amide bonds. The lowest BCUT2D eigenvalue weighted by Gasteiger charge is -2.26. The highest BCUT2D eigenvalue weighted by Crippen LogP contribution is 2.26. The lowest BCUT2D eigenvalue weighted by Crippen LogP contribution is -2.29. The lowest BCUT2D eigenvalue weighted by molar-refractivity contribution is -0.155. The fraction of sp³-hybridized carbons (Fsp3) is 0.562. The summed E-state index contributed by atoms with van der Waals surface area (Å²) >= 11 is 6.19. The normalized spacial score (nSPS) is 13.3. The zero-order valence-corrected chi connectivity index (χ0v) is 13.7. The summed E-state index contributed by atoms with van der Waals surface area (Å²) in [6, 6.07) is 7.94. The van der Waals surface area contributed by atoms with Gasteiger partial charge >= 0.3 is 5.97 Å². The maximum atomic E-state index is 11.7. The molecule has 1 aromatic rings. The Bertz CT molecular complexity index is 454. The Labute approximate surface area is 126 Å². The molecule has 0 radical (unpaired) electrons. The van der Waals surface area contributed by atoms with Crippen molar-refractivity contribution in [3.05, 3.63) is 34.9 Å². The average Bonchev–Trinajstić information content (AvgIpc) is 2.33. The van der Waals surface area contributed by atoms with Gasteiger partial charge in [-0.1, -0.05) is 29.8 Å². The Morgan fingerprint density at radius 1 is 1.35 bits per heavy atom. The molecule has 0 bridgehead atoms. The van der Waals surface area contributed by atoms with Crippen LogP contribution in [0.3, 0.4) is 0 Å². The highest BCUT2D eigenvalue weighted by molar-refractivity contribution is 6.31. The third-order valence-electron chi connectivity index (χ3n) is 3.11. The van der Waals surface area contributed by atoms with Crippen molar-refractivity contribution in [3.63, 3.8) is 0 Å². The zero-order chi connectivity index (χ0) is 15.3. The van der Waals surface area contributed by atoms with Gasteiger partial charge in [-0.05, 0) is 46.4 Å². The van der Waals surface area contributed by atoms with Crippen LogP contribution in [0, 0.1) is 0 Å². The van der Waals surface area contributed by atoms with E-state index in [0.717, 1.165) is 10.6 Å². The van der Waals surface area contributed by atoms with Crippen molar-refractivity contribution in [2.75, 3.05) is 13.6 Å². The number of benzene rings is 1. The summed E-state index contributed by atoms with van der Waals surface area (Å²) in [7, 11) is 1.98. The molecule has 1 aromatic carbocycles. The predicted octanol–water partition coefficient (Wildman–Crippen LogP) is 4.06. The van der Waals surface area contributed by atoms with E-state index in [0.29, 0.717) is 13.0 Å². The molecule has 0 saturated heterocycles. The molecule has 3 nitrogen and oxygen atoms in total. The van der Waals surface area contributed by atoms with Crippen molar-refractivity contribution in [2.24, 2.45) is 0 Å². The van der Waals surface area contributed by atoms with Gasteiger partial charge in [-0.15, -0.1) is 0 Å². The third kappa shape index (κ3) is 5.51. The maximum Gasteiger partial charge on any atom is 0.307 e. The van der Waals surface area contributed by atoms with E-state index in [-0.39, 0.29) is 12.0 Å². The molecular weight excluding hydrogens is 274 g/mol. The van der Waals surface area contributed by atoms with E-state index in [1.807, 2.05) is 52.1 Å². The summed E-state index contributed by atoms with van der Waals surface area (Å²) in [5, 5.41) is 0.754. The van der Waals surface area contributed by atoms with Gasteiger partial charge in [0.15, 0.2) is 0 Å². The number of halogens is 1. The molecule has 0 N–H and O–H groups in total. The highest BCUT2D eigenvalue weighted by atomic mass is 35.5. The molecular formula is C16H24ClNO2. The van der Waals surface area contributed by atoms with E-state index < -0.39 is 5.60 Å². The Morgan fingerprint density at radius 3 is 2.50 bits per heavy atom. The Kier molecular flexibility index (Phi) is 6.03. The first-order valence-corrected chi connectivity index (χ1v) is 7.25. The van der Waals surface area contributed by atoms with Crippen molar-refractivity contribution in [3.8, 4) is 0 Å². The first-order chi connectivity index (χ1) is 9.20. The molecule has 1 rings (SSSR count). The minimum absolute atomic E-state index is 0.158. The molecule has 4 heteroatoms. The van der Waals surface area contributed by atoms with Crippen LogP contribution in [-0.4, -0.2) is 30.1 Å². The number of hydrogen-bond donors (Lipinski definition) is 0. The van der Waals surface area contributed by atoms with Gasteiger partial charge in [-0.2, -0.15) is 0 Å². The topological polar surface area (TPSA) is 29.5 Å². The van der Waals surface area contributed by atoms with Crippen LogP contribution in [0.5, 0.6) is 0 Å². The summed E-state index contributed by atoms with van der Waals surface area (Å²) in [4.78, 5) is 13.8. The van der Waals surface area contributed by atoms with Gasteiger partial charge in [0.2, 0.25) is 0 Å². The van der Waals surface area contributed by atoms with Gasteiger partial charge in [-0.3, -0.25) is 9.69 Å². The van der Waals surface area contributed by atoms with Crippen LogP contribution in [0.15, 0.2) is 24.3 Å². The number of hydrogen-bond acceptors (Lipinski definition) is 3. The monoisotopic (exact) mass is 297 g/mol. The van der Waals surface area contributed by atoms with Gasteiger partial charge in [0.25, 0.3) is 0 Å². The van der Waals surface area contributed by atoms with Crippen molar-refractivity contribution in [1.82, 2.24) is 4.90 Å². The molecule has 112 valence electrons. The second-order valence-electron chi connectivity index (χ2n) is 6.01. The van der Waals surface area contributed by atoms with Gasteiger partial charge < -0.3 is 4.74 Å². The summed E-state index contributed by atoms with van der Waals surface area (Å²) in [6.45, 7) is 8.35. The number of carbonyl (C=O) groups excluding carboxylic acids is 1. The van der Waals surface area contributed by atoms with Crippen LogP contribution in [0.1, 0.15) is 45.7 Å². The predicted molar refractivity (Wildman–Crippen MR) is 83.0 cm³/mol. The van der Waals surface area contributed by atoms with Crippen LogP contribution < -0.4 is 0 Å². The maximum absolute atomic E-state index is 11.7. The average molecular weight is 298 g/mol. The van der Waals surface area contributed by atoms with Crippen LogP contribution in [0.2, 0.25) is 5.02 Å². The first kappa shape index (κ1) is 17.0. The third-order valence-corrected chi connectivity index (χ3v) is 3.45. The molecule has 20 heavy (non-hydrogen) atoms. The van der Waals surface area contributed by atoms with E-state index in [9.17, 15) is 4.79 Å². The summed E-state index contributed by atoms with van der Waals surface area (Å²) < 4.78 is 5.31. The quantitative estimate of drug-likeness (QED) is 0.768. The molecule has 0 aliphatic carbocycles. The molecule has 0 aromatic heterocycles. The van der Waals surface area contributed by atoms with E-state index in [4.69, 9.17) is 16.3 Å². The smallest absolute Gasteiger partial charge is 0.307 e. The van der Waals surface area contributed by atoms with E-state index in [2.05, 4.69) is 11.8 Å². The summed E-state index contributed by atoms with van der Waals surface area (Å²) in [5.41, 5.74) is 0.644. The zero-order valence-electron chi connectivity index (χ0n) is 12.9.